The summed E-state index contributed by atoms with van der Waals surface area (Å²) >= 11 is 0. The third-order valence-corrected chi connectivity index (χ3v) is 0.682. The summed E-state index contributed by atoms with van der Waals surface area (Å²) in [5.74, 6) is -1.53. The number of hydrogen-bond donors (Lipinski definition) is 2. The zero-order chi connectivity index (χ0) is 7.33. The Kier molecular flexibility index (Phi) is 3.72. The number of hydrogen-bond acceptors (Lipinski definition) is 4. The summed E-state index contributed by atoms with van der Waals surface area (Å²) in [6, 6.07) is 0. The molecule has 1 atom stereocenters. The molecule has 0 aromatic heterocycles. The predicted molar refractivity (Wildman–Crippen MR) is 32.6 cm³/mol. The van der Waals surface area contributed by atoms with E-state index in [1.54, 1.807) is 7.11 Å². The second-order valence-corrected chi connectivity index (χ2v) is 1.90. The highest BCUT2D eigenvalue weighted by molar-refractivity contribution is 4.43. The maximum atomic E-state index is 8.74. The van der Waals surface area contributed by atoms with E-state index in [-0.39, 0.29) is 0 Å². The molecule has 0 heterocycles. The fourth-order valence-corrected chi connectivity index (χ4v) is 0.332. The first-order valence-electron chi connectivity index (χ1n) is 2.70. The van der Waals surface area contributed by atoms with Crippen molar-refractivity contribution in [2.45, 2.75) is 12.8 Å². The summed E-state index contributed by atoms with van der Waals surface area (Å²) < 4.78 is 9.32. The standard InChI is InChI=1S/C5H13NO3/c1-5(6,7)9-4-3-8-2/h7H,3-4,6H2,1-2H3. The van der Waals surface area contributed by atoms with Crippen molar-refractivity contribution in [1.82, 2.24) is 0 Å². The molecule has 0 saturated carbocycles. The fourth-order valence-electron chi connectivity index (χ4n) is 0.332. The second-order valence-electron chi connectivity index (χ2n) is 1.90. The molecular formula is C5H13NO3. The van der Waals surface area contributed by atoms with Crippen molar-refractivity contribution in [2.75, 3.05) is 20.3 Å². The van der Waals surface area contributed by atoms with E-state index in [1.165, 1.54) is 6.92 Å². The van der Waals surface area contributed by atoms with Gasteiger partial charge in [0.1, 0.15) is 0 Å². The monoisotopic (exact) mass is 135 g/mol. The molecule has 0 spiro atoms. The van der Waals surface area contributed by atoms with Crippen molar-refractivity contribution in [3.63, 3.8) is 0 Å². The molecule has 4 nitrogen and oxygen atoms in total. The first-order valence-corrected chi connectivity index (χ1v) is 2.70. The minimum Gasteiger partial charge on any atom is -0.382 e. The molecule has 0 bridgehead atoms. The van der Waals surface area contributed by atoms with Gasteiger partial charge < -0.3 is 14.6 Å². The molecule has 0 aliphatic carbocycles. The normalized spacial score (nSPS) is 17.3. The Morgan fingerprint density at radius 1 is 1.56 bits per heavy atom. The summed E-state index contributed by atoms with van der Waals surface area (Å²) in [5.41, 5.74) is 5.05. The fraction of sp³-hybridized carbons (Fsp3) is 1.00. The number of ether oxygens (including phenoxy) is 2. The molecule has 0 amide bonds. The van der Waals surface area contributed by atoms with E-state index in [1.807, 2.05) is 0 Å². The quantitative estimate of drug-likeness (QED) is 0.394. The van der Waals surface area contributed by atoms with Gasteiger partial charge >= 0.3 is 0 Å². The van der Waals surface area contributed by atoms with Gasteiger partial charge in [-0.3, -0.25) is 5.73 Å². The summed E-state index contributed by atoms with van der Waals surface area (Å²) in [4.78, 5) is 0. The van der Waals surface area contributed by atoms with Crippen LogP contribution in [0.2, 0.25) is 0 Å². The molecule has 0 fully saturated rings. The molecule has 4 heteroatoms. The summed E-state index contributed by atoms with van der Waals surface area (Å²) in [7, 11) is 1.55. The lowest BCUT2D eigenvalue weighted by molar-refractivity contribution is -0.190. The molecule has 0 aromatic carbocycles. The molecule has 0 radical (unpaired) electrons. The van der Waals surface area contributed by atoms with Gasteiger partial charge in [0.2, 0.25) is 5.91 Å². The van der Waals surface area contributed by atoms with Crippen molar-refractivity contribution < 1.29 is 14.6 Å². The van der Waals surface area contributed by atoms with Crippen LogP contribution in [0.3, 0.4) is 0 Å². The summed E-state index contributed by atoms with van der Waals surface area (Å²) in [5, 5.41) is 8.74. The molecule has 0 aromatic rings. The van der Waals surface area contributed by atoms with E-state index in [4.69, 9.17) is 10.8 Å². The zero-order valence-electron chi connectivity index (χ0n) is 5.76. The van der Waals surface area contributed by atoms with Gasteiger partial charge in [-0.1, -0.05) is 0 Å². The highest BCUT2D eigenvalue weighted by atomic mass is 16.6. The molecule has 0 aliphatic rings. The SMILES string of the molecule is COCCOC(C)(N)O. The topological polar surface area (TPSA) is 64.7 Å². The van der Waals surface area contributed by atoms with Gasteiger partial charge in [0, 0.05) is 14.0 Å². The van der Waals surface area contributed by atoms with Crippen molar-refractivity contribution in [1.29, 1.82) is 0 Å². The molecule has 9 heavy (non-hydrogen) atoms. The Morgan fingerprint density at radius 3 is 2.44 bits per heavy atom. The van der Waals surface area contributed by atoms with Gasteiger partial charge in [0.25, 0.3) is 0 Å². The lowest BCUT2D eigenvalue weighted by Crippen LogP contribution is -2.39. The van der Waals surface area contributed by atoms with Gasteiger partial charge in [0.05, 0.1) is 13.2 Å². The lowest BCUT2D eigenvalue weighted by Gasteiger charge is -2.16. The smallest absolute Gasteiger partial charge is 0.219 e. The largest absolute Gasteiger partial charge is 0.382 e. The van der Waals surface area contributed by atoms with Crippen LogP contribution in [0.4, 0.5) is 0 Å². The van der Waals surface area contributed by atoms with Gasteiger partial charge in [-0.05, 0) is 0 Å². The number of nitrogens with two attached hydrogens (primary N) is 1. The molecule has 56 valence electrons. The number of rotatable bonds is 4. The van der Waals surface area contributed by atoms with E-state index in [0.29, 0.717) is 13.2 Å². The van der Waals surface area contributed by atoms with E-state index >= 15 is 0 Å². The van der Waals surface area contributed by atoms with Gasteiger partial charge in [-0.2, -0.15) is 0 Å². The maximum absolute atomic E-state index is 8.74. The average molecular weight is 135 g/mol. The van der Waals surface area contributed by atoms with Gasteiger partial charge in [-0.15, -0.1) is 0 Å². The summed E-state index contributed by atoms with van der Waals surface area (Å²) in [6.45, 7) is 2.11. The first kappa shape index (κ1) is 8.84. The number of aliphatic hydroxyl groups is 1. The van der Waals surface area contributed by atoms with Crippen molar-refractivity contribution in [2.24, 2.45) is 5.73 Å². The third kappa shape index (κ3) is 7.84. The van der Waals surface area contributed by atoms with Crippen LogP contribution in [0.5, 0.6) is 0 Å². The zero-order valence-corrected chi connectivity index (χ0v) is 5.76. The molecule has 0 aliphatic heterocycles. The van der Waals surface area contributed by atoms with E-state index in [2.05, 4.69) is 9.47 Å². The Labute approximate surface area is 54.6 Å². The van der Waals surface area contributed by atoms with Crippen molar-refractivity contribution >= 4 is 0 Å². The second kappa shape index (κ2) is 3.79. The molecule has 3 N–H and O–H groups in total. The van der Waals surface area contributed by atoms with Gasteiger partial charge in [-0.25, -0.2) is 0 Å². The average Bonchev–Trinajstić information content (AvgIpc) is 1.63. The Hall–Kier alpha value is -0.160. The van der Waals surface area contributed by atoms with Crippen LogP contribution < -0.4 is 5.73 Å². The van der Waals surface area contributed by atoms with Crippen LogP contribution in [0.1, 0.15) is 6.92 Å². The highest BCUT2D eigenvalue weighted by Gasteiger charge is 2.11. The number of methoxy groups -OCH3 is 1. The van der Waals surface area contributed by atoms with Crippen LogP contribution in [-0.2, 0) is 9.47 Å². The third-order valence-electron chi connectivity index (χ3n) is 0.682. The molecule has 0 rings (SSSR count). The molecule has 1 unspecified atom stereocenters. The Bertz CT molecular complexity index is 69.1. The van der Waals surface area contributed by atoms with Crippen molar-refractivity contribution in [3.8, 4) is 0 Å². The highest BCUT2D eigenvalue weighted by Crippen LogP contribution is 1.93. The van der Waals surface area contributed by atoms with Crippen LogP contribution in [0, 0.1) is 0 Å². The van der Waals surface area contributed by atoms with Crippen molar-refractivity contribution in [3.05, 3.63) is 0 Å². The van der Waals surface area contributed by atoms with Gasteiger partial charge in [0.15, 0.2) is 0 Å². The minimum atomic E-state index is -1.53. The summed E-state index contributed by atoms with van der Waals surface area (Å²) in [6.07, 6.45) is 0. The van der Waals surface area contributed by atoms with E-state index in [9.17, 15) is 0 Å². The van der Waals surface area contributed by atoms with Crippen LogP contribution in [-0.4, -0.2) is 31.3 Å². The van der Waals surface area contributed by atoms with E-state index in [0.717, 1.165) is 0 Å². The Balaban J connectivity index is 3.07. The van der Waals surface area contributed by atoms with Crippen LogP contribution >= 0.6 is 0 Å². The first-order chi connectivity index (χ1) is 4.06. The molecule has 0 saturated heterocycles. The van der Waals surface area contributed by atoms with Crippen LogP contribution in [0.15, 0.2) is 0 Å². The predicted octanol–water partition coefficient (Wildman–Crippen LogP) is -0.726. The minimum absolute atomic E-state index is 0.306. The lowest BCUT2D eigenvalue weighted by atomic mass is 10.6. The Morgan fingerprint density at radius 2 is 2.11 bits per heavy atom. The van der Waals surface area contributed by atoms with E-state index < -0.39 is 5.91 Å². The van der Waals surface area contributed by atoms with Crippen LogP contribution in [0.25, 0.3) is 0 Å². The molecular weight excluding hydrogens is 122 g/mol. The maximum Gasteiger partial charge on any atom is 0.219 e.